The Hall–Kier alpha value is -0.540. The molecule has 1 aromatic rings. The average molecular weight is 245 g/mol. The van der Waals surface area contributed by atoms with E-state index < -0.39 is 20.5 Å². The second-order valence-electron chi connectivity index (χ2n) is 3.86. The summed E-state index contributed by atoms with van der Waals surface area (Å²) in [6.07, 6.45) is 1.43. The zero-order valence-electron chi connectivity index (χ0n) is 8.27. The Kier molecular flexibility index (Phi) is 3.03. The van der Waals surface area contributed by atoms with Crippen LogP contribution in [0.25, 0.3) is 0 Å². The van der Waals surface area contributed by atoms with Crippen LogP contribution < -0.4 is 0 Å². The maximum atomic E-state index is 11.7. The minimum absolute atomic E-state index is 0.285. The lowest BCUT2D eigenvalue weighted by Crippen LogP contribution is -2.21. The summed E-state index contributed by atoms with van der Waals surface area (Å²) in [7, 11) is -2.97. The summed E-state index contributed by atoms with van der Waals surface area (Å²) in [5, 5.41) is -0.805. The third-order valence-corrected chi connectivity index (χ3v) is 5.82. The molecule has 1 aliphatic heterocycles. The van der Waals surface area contributed by atoms with E-state index in [2.05, 4.69) is 0 Å². The van der Waals surface area contributed by atoms with Gasteiger partial charge in [-0.2, -0.15) is 0 Å². The van der Waals surface area contributed by atoms with Gasteiger partial charge in [-0.3, -0.25) is 0 Å². The number of halogens is 1. The minimum Gasteiger partial charge on any atom is -0.228 e. The number of hydrogen-bond donors (Lipinski definition) is 0. The van der Waals surface area contributed by atoms with Crippen molar-refractivity contribution in [3.05, 3.63) is 35.9 Å². The van der Waals surface area contributed by atoms with E-state index in [0.717, 1.165) is 12.0 Å². The third-order valence-electron chi connectivity index (χ3n) is 2.82. The molecule has 4 heteroatoms. The van der Waals surface area contributed by atoms with Crippen LogP contribution >= 0.6 is 11.6 Å². The molecular weight excluding hydrogens is 232 g/mol. The molecular formula is C11H13ClO2S. The highest BCUT2D eigenvalue weighted by Crippen LogP contribution is 2.35. The summed E-state index contributed by atoms with van der Waals surface area (Å²) in [6.45, 7) is 0. The Balaban J connectivity index is 2.26. The molecule has 1 saturated heterocycles. The van der Waals surface area contributed by atoms with Crippen molar-refractivity contribution < 1.29 is 8.42 Å². The number of benzene rings is 1. The smallest absolute Gasteiger partial charge is 0.154 e. The van der Waals surface area contributed by atoms with Gasteiger partial charge in [0.15, 0.2) is 9.84 Å². The van der Waals surface area contributed by atoms with Gasteiger partial charge >= 0.3 is 0 Å². The highest BCUT2D eigenvalue weighted by atomic mass is 35.5. The van der Waals surface area contributed by atoms with Gasteiger partial charge in [-0.15, -0.1) is 11.6 Å². The van der Waals surface area contributed by atoms with E-state index in [9.17, 15) is 8.42 Å². The summed E-state index contributed by atoms with van der Waals surface area (Å²) in [5.41, 5.74) is 0.898. The Morgan fingerprint density at radius 2 is 1.93 bits per heavy atom. The second-order valence-corrected chi connectivity index (χ2v) is 6.67. The van der Waals surface area contributed by atoms with Crippen LogP contribution in [-0.4, -0.2) is 19.4 Å². The highest BCUT2D eigenvalue weighted by Gasteiger charge is 2.37. The molecule has 0 bridgehead atoms. The van der Waals surface area contributed by atoms with Gasteiger partial charge in [-0.25, -0.2) is 8.42 Å². The van der Waals surface area contributed by atoms with E-state index in [1.807, 2.05) is 30.3 Å². The van der Waals surface area contributed by atoms with Crippen LogP contribution in [0.1, 0.15) is 23.8 Å². The Morgan fingerprint density at radius 1 is 1.27 bits per heavy atom. The molecule has 1 fully saturated rings. The van der Waals surface area contributed by atoms with E-state index in [1.165, 1.54) is 0 Å². The van der Waals surface area contributed by atoms with E-state index in [-0.39, 0.29) is 5.75 Å². The predicted molar refractivity (Wildman–Crippen MR) is 61.8 cm³/mol. The maximum Gasteiger partial charge on any atom is 0.154 e. The first-order chi connectivity index (χ1) is 7.11. The Morgan fingerprint density at radius 3 is 2.47 bits per heavy atom. The lowest BCUT2D eigenvalue weighted by atomic mass is 10.1. The van der Waals surface area contributed by atoms with Crippen molar-refractivity contribution in [3.8, 4) is 0 Å². The molecule has 0 unspecified atom stereocenters. The van der Waals surface area contributed by atoms with Crippen molar-refractivity contribution in [2.24, 2.45) is 0 Å². The monoisotopic (exact) mass is 244 g/mol. The van der Waals surface area contributed by atoms with Gasteiger partial charge in [0.2, 0.25) is 0 Å². The molecule has 0 spiro atoms. The average Bonchev–Trinajstić information content (AvgIpc) is 2.58. The molecule has 15 heavy (non-hydrogen) atoms. The molecule has 1 heterocycles. The fraction of sp³-hybridized carbons (Fsp3) is 0.455. The van der Waals surface area contributed by atoms with E-state index in [4.69, 9.17) is 11.6 Å². The molecule has 1 aliphatic rings. The SMILES string of the molecule is O=S1(=O)CCC[C@@H]1[C@@H](Cl)c1ccccc1. The van der Waals surface area contributed by atoms with Crippen molar-refractivity contribution >= 4 is 21.4 Å². The second kappa shape index (κ2) is 4.14. The summed E-state index contributed by atoms with van der Waals surface area (Å²) in [5.74, 6) is 0.285. The molecule has 0 saturated carbocycles. The third kappa shape index (κ3) is 2.18. The first kappa shape index (κ1) is 11.0. The van der Waals surface area contributed by atoms with Gasteiger partial charge in [-0.1, -0.05) is 30.3 Å². The molecule has 2 atom stereocenters. The molecule has 82 valence electrons. The lowest BCUT2D eigenvalue weighted by molar-refractivity contribution is 0.586. The van der Waals surface area contributed by atoms with Crippen LogP contribution in [0, 0.1) is 0 Å². The summed E-state index contributed by atoms with van der Waals surface area (Å²) < 4.78 is 23.4. The number of hydrogen-bond acceptors (Lipinski definition) is 2. The number of alkyl halides is 1. The topological polar surface area (TPSA) is 34.1 Å². The zero-order chi connectivity index (χ0) is 10.9. The quantitative estimate of drug-likeness (QED) is 0.750. The van der Waals surface area contributed by atoms with Gasteiger partial charge in [0, 0.05) is 0 Å². The Bertz CT molecular complexity index is 427. The van der Waals surface area contributed by atoms with Crippen LogP contribution in [-0.2, 0) is 9.84 Å². The first-order valence-electron chi connectivity index (χ1n) is 5.02. The van der Waals surface area contributed by atoms with Crippen LogP contribution in [0.15, 0.2) is 30.3 Å². The van der Waals surface area contributed by atoms with Crippen molar-refractivity contribution in [1.29, 1.82) is 0 Å². The fourth-order valence-electron chi connectivity index (χ4n) is 2.00. The van der Waals surface area contributed by atoms with Gasteiger partial charge < -0.3 is 0 Å². The minimum atomic E-state index is -2.97. The van der Waals surface area contributed by atoms with Gasteiger partial charge in [0.25, 0.3) is 0 Å². The summed E-state index contributed by atoms with van der Waals surface area (Å²) >= 11 is 6.22. The number of rotatable bonds is 2. The highest BCUT2D eigenvalue weighted by molar-refractivity contribution is 7.92. The lowest BCUT2D eigenvalue weighted by Gasteiger charge is -2.16. The first-order valence-corrected chi connectivity index (χ1v) is 7.17. The maximum absolute atomic E-state index is 11.7. The largest absolute Gasteiger partial charge is 0.228 e. The molecule has 2 nitrogen and oxygen atoms in total. The van der Waals surface area contributed by atoms with Crippen molar-refractivity contribution in [2.45, 2.75) is 23.5 Å². The van der Waals surface area contributed by atoms with E-state index >= 15 is 0 Å². The van der Waals surface area contributed by atoms with E-state index in [0.29, 0.717) is 6.42 Å². The van der Waals surface area contributed by atoms with Crippen LogP contribution in [0.4, 0.5) is 0 Å². The Labute approximate surface area is 95.2 Å². The predicted octanol–water partition coefficient (Wildman–Crippen LogP) is 2.54. The normalized spacial score (nSPS) is 26.3. The zero-order valence-corrected chi connectivity index (χ0v) is 9.84. The molecule has 1 aromatic carbocycles. The van der Waals surface area contributed by atoms with Gasteiger partial charge in [0.05, 0.1) is 16.4 Å². The summed E-state index contributed by atoms with van der Waals surface area (Å²) in [4.78, 5) is 0. The van der Waals surface area contributed by atoms with Crippen LogP contribution in [0.5, 0.6) is 0 Å². The number of sulfone groups is 1. The molecule has 0 N–H and O–H groups in total. The molecule has 2 rings (SSSR count). The molecule has 0 radical (unpaired) electrons. The molecule has 0 amide bonds. The van der Waals surface area contributed by atoms with Gasteiger partial charge in [0.1, 0.15) is 0 Å². The van der Waals surface area contributed by atoms with E-state index in [1.54, 1.807) is 0 Å². The van der Waals surface area contributed by atoms with Crippen molar-refractivity contribution in [1.82, 2.24) is 0 Å². The van der Waals surface area contributed by atoms with Gasteiger partial charge in [-0.05, 0) is 18.4 Å². The standard InChI is InChI=1S/C11H13ClO2S/c12-11(9-5-2-1-3-6-9)10-7-4-8-15(10,13)14/h1-3,5-6,10-11H,4,7-8H2/t10-,11+/m1/s1. The molecule has 0 aromatic heterocycles. The van der Waals surface area contributed by atoms with Crippen molar-refractivity contribution in [2.75, 3.05) is 5.75 Å². The van der Waals surface area contributed by atoms with Crippen LogP contribution in [0.2, 0.25) is 0 Å². The fourth-order valence-corrected chi connectivity index (χ4v) is 4.66. The van der Waals surface area contributed by atoms with Crippen LogP contribution in [0.3, 0.4) is 0 Å². The van der Waals surface area contributed by atoms with Crippen molar-refractivity contribution in [3.63, 3.8) is 0 Å². The summed E-state index contributed by atoms with van der Waals surface area (Å²) in [6, 6.07) is 9.42. The molecule has 0 aliphatic carbocycles.